The molecule has 4 rings (SSSR count). The van der Waals surface area contributed by atoms with E-state index in [1.54, 1.807) is 19.4 Å². The first kappa shape index (κ1) is 19.5. The lowest BCUT2D eigenvalue weighted by Crippen LogP contribution is -2.13. The summed E-state index contributed by atoms with van der Waals surface area (Å²) in [5.74, 6) is 1.11. The first-order valence-electron chi connectivity index (χ1n) is 9.79. The first-order chi connectivity index (χ1) is 14.6. The van der Waals surface area contributed by atoms with Crippen LogP contribution in [0.25, 0.3) is 16.8 Å². The average molecular weight is 397 g/mol. The van der Waals surface area contributed by atoms with Crippen molar-refractivity contribution >= 4 is 0 Å². The van der Waals surface area contributed by atoms with E-state index in [0.717, 1.165) is 33.8 Å². The third-order valence-corrected chi connectivity index (χ3v) is 4.99. The molecule has 0 amide bonds. The molecule has 4 aromatic rings. The lowest BCUT2D eigenvalue weighted by Gasteiger charge is -2.15. The van der Waals surface area contributed by atoms with Gasteiger partial charge in [-0.25, -0.2) is 0 Å². The molecule has 1 heterocycles. The number of benzene rings is 3. The van der Waals surface area contributed by atoms with E-state index in [9.17, 15) is 4.79 Å². The van der Waals surface area contributed by atoms with Crippen LogP contribution in [0, 0.1) is 6.92 Å². The highest BCUT2D eigenvalue weighted by atomic mass is 16.5. The summed E-state index contributed by atoms with van der Waals surface area (Å²) in [5, 5.41) is 0. The van der Waals surface area contributed by atoms with Crippen molar-refractivity contribution in [3.63, 3.8) is 0 Å². The summed E-state index contributed by atoms with van der Waals surface area (Å²) in [5.41, 5.74) is 4.93. The maximum atomic E-state index is 12.5. The molecule has 0 atom stereocenters. The number of pyridine rings is 1. The maximum Gasteiger partial charge on any atom is 0.223 e. The Morgan fingerprint density at radius 2 is 1.57 bits per heavy atom. The Kier molecular flexibility index (Phi) is 5.66. The lowest BCUT2D eigenvalue weighted by atomic mass is 10.1. The molecule has 0 spiro atoms. The quantitative estimate of drug-likeness (QED) is 0.437. The second-order valence-corrected chi connectivity index (χ2v) is 7.07. The summed E-state index contributed by atoms with van der Waals surface area (Å²) in [6.07, 6.45) is 1.77. The second kappa shape index (κ2) is 8.70. The summed E-state index contributed by atoms with van der Waals surface area (Å²) in [6.45, 7) is 2.23. The molecule has 0 aliphatic rings. The van der Waals surface area contributed by atoms with E-state index in [2.05, 4.69) is 24.3 Å². The van der Waals surface area contributed by atoms with Crippen LogP contribution in [-0.4, -0.2) is 11.7 Å². The minimum atomic E-state index is -0.128. The van der Waals surface area contributed by atoms with E-state index in [0.29, 0.717) is 12.4 Å². The van der Waals surface area contributed by atoms with Gasteiger partial charge in [-0.05, 0) is 47.9 Å². The molecule has 0 saturated carbocycles. The third-order valence-electron chi connectivity index (χ3n) is 4.99. The minimum Gasteiger partial charge on any atom is -0.497 e. The number of aromatic nitrogens is 1. The maximum absolute atomic E-state index is 12.5. The van der Waals surface area contributed by atoms with Gasteiger partial charge in [-0.3, -0.25) is 4.79 Å². The van der Waals surface area contributed by atoms with Crippen molar-refractivity contribution in [1.29, 1.82) is 0 Å². The minimum absolute atomic E-state index is 0.128. The van der Waals surface area contributed by atoms with Gasteiger partial charge in [-0.2, -0.15) is 0 Å². The highest BCUT2D eigenvalue weighted by molar-refractivity contribution is 5.66. The van der Waals surface area contributed by atoms with Gasteiger partial charge in [0, 0.05) is 17.4 Å². The predicted molar refractivity (Wildman–Crippen MR) is 120 cm³/mol. The van der Waals surface area contributed by atoms with E-state index in [4.69, 9.17) is 9.47 Å². The Bertz CT molecular complexity index is 1200. The van der Waals surface area contributed by atoms with Crippen molar-refractivity contribution in [2.45, 2.75) is 13.5 Å². The Hall–Kier alpha value is -3.79. The van der Waals surface area contributed by atoms with Gasteiger partial charge in [0.05, 0.1) is 13.3 Å². The molecule has 1 aromatic heterocycles. The first-order valence-corrected chi connectivity index (χ1v) is 9.79. The second-order valence-electron chi connectivity index (χ2n) is 7.07. The van der Waals surface area contributed by atoms with Gasteiger partial charge in [0.2, 0.25) is 5.43 Å². The number of hydrogen-bond donors (Lipinski definition) is 0. The molecule has 0 saturated heterocycles. The molecule has 30 heavy (non-hydrogen) atoms. The van der Waals surface area contributed by atoms with Gasteiger partial charge >= 0.3 is 0 Å². The standard InChI is InChI=1S/C26H23NO3/c1-19-15-25(28)26(30-18-20-11-13-24(29-2)14-12-20)17-27(19)23-10-6-9-22(16-23)21-7-4-3-5-8-21/h3-17H,18H2,1-2H3. The highest BCUT2D eigenvalue weighted by Gasteiger charge is 2.08. The molecule has 0 bridgehead atoms. The van der Waals surface area contributed by atoms with Gasteiger partial charge in [0.1, 0.15) is 12.4 Å². The molecule has 0 aliphatic heterocycles. The molecule has 4 nitrogen and oxygen atoms in total. The topological polar surface area (TPSA) is 40.5 Å². The monoisotopic (exact) mass is 397 g/mol. The Morgan fingerprint density at radius 3 is 2.30 bits per heavy atom. The lowest BCUT2D eigenvalue weighted by molar-refractivity contribution is 0.301. The van der Waals surface area contributed by atoms with Crippen LogP contribution in [0.15, 0.2) is 95.9 Å². The van der Waals surface area contributed by atoms with Crippen LogP contribution in [0.3, 0.4) is 0 Å². The van der Waals surface area contributed by atoms with Crippen LogP contribution in [-0.2, 0) is 6.61 Å². The van der Waals surface area contributed by atoms with Crippen LogP contribution in [0.2, 0.25) is 0 Å². The normalized spacial score (nSPS) is 10.6. The van der Waals surface area contributed by atoms with Gasteiger partial charge < -0.3 is 14.0 Å². The smallest absolute Gasteiger partial charge is 0.223 e. The highest BCUT2D eigenvalue weighted by Crippen LogP contribution is 2.23. The number of aryl methyl sites for hydroxylation is 1. The molecule has 0 unspecified atom stereocenters. The molecule has 0 radical (unpaired) electrons. The summed E-state index contributed by atoms with van der Waals surface area (Å²) in [6, 6.07) is 27.7. The molecule has 0 aliphatic carbocycles. The van der Waals surface area contributed by atoms with Crippen LogP contribution < -0.4 is 14.9 Å². The predicted octanol–water partition coefficient (Wildman–Crippen LogP) is 5.40. The largest absolute Gasteiger partial charge is 0.497 e. The molecule has 4 heteroatoms. The summed E-state index contributed by atoms with van der Waals surface area (Å²) in [7, 11) is 1.63. The van der Waals surface area contributed by atoms with Gasteiger partial charge in [0.15, 0.2) is 5.75 Å². The fourth-order valence-electron chi connectivity index (χ4n) is 3.35. The van der Waals surface area contributed by atoms with E-state index in [-0.39, 0.29) is 5.43 Å². The SMILES string of the molecule is COc1ccc(COc2cn(-c3cccc(-c4ccccc4)c3)c(C)cc2=O)cc1. The fourth-order valence-corrected chi connectivity index (χ4v) is 3.35. The molecular weight excluding hydrogens is 374 g/mol. The summed E-state index contributed by atoms with van der Waals surface area (Å²) >= 11 is 0. The van der Waals surface area contributed by atoms with Crippen molar-refractivity contribution in [1.82, 2.24) is 4.57 Å². The summed E-state index contributed by atoms with van der Waals surface area (Å²) < 4.78 is 13.0. The van der Waals surface area contributed by atoms with Crippen LogP contribution in [0.5, 0.6) is 11.5 Å². The van der Waals surface area contributed by atoms with Gasteiger partial charge in [0.25, 0.3) is 0 Å². The number of rotatable bonds is 6. The Balaban J connectivity index is 1.62. The summed E-state index contributed by atoms with van der Waals surface area (Å²) in [4.78, 5) is 12.5. The number of methoxy groups -OCH3 is 1. The molecule has 0 fully saturated rings. The fraction of sp³-hybridized carbons (Fsp3) is 0.115. The molecular formula is C26H23NO3. The Morgan fingerprint density at radius 1 is 0.833 bits per heavy atom. The van der Waals surface area contributed by atoms with Crippen LogP contribution in [0.4, 0.5) is 0 Å². The van der Waals surface area contributed by atoms with Crippen molar-refractivity contribution in [3.8, 4) is 28.3 Å². The van der Waals surface area contributed by atoms with E-state index < -0.39 is 0 Å². The molecule has 3 aromatic carbocycles. The molecule has 150 valence electrons. The van der Waals surface area contributed by atoms with Crippen LogP contribution in [0.1, 0.15) is 11.3 Å². The van der Waals surface area contributed by atoms with Crippen LogP contribution >= 0.6 is 0 Å². The van der Waals surface area contributed by atoms with E-state index in [1.165, 1.54) is 0 Å². The average Bonchev–Trinajstić information content (AvgIpc) is 2.79. The Labute approximate surface area is 176 Å². The zero-order chi connectivity index (χ0) is 20.9. The third kappa shape index (κ3) is 4.28. The van der Waals surface area contributed by atoms with Crippen molar-refractivity contribution in [2.75, 3.05) is 7.11 Å². The van der Waals surface area contributed by atoms with Gasteiger partial charge in [-0.1, -0.05) is 54.6 Å². The van der Waals surface area contributed by atoms with E-state index in [1.807, 2.05) is 66.1 Å². The number of nitrogens with zero attached hydrogens (tertiary/aromatic N) is 1. The van der Waals surface area contributed by atoms with Crippen molar-refractivity contribution < 1.29 is 9.47 Å². The zero-order valence-electron chi connectivity index (χ0n) is 17.0. The van der Waals surface area contributed by atoms with E-state index >= 15 is 0 Å². The zero-order valence-corrected chi connectivity index (χ0v) is 17.0. The number of hydrogen-bond acceptors (Lipinski definition) is 3. The van der Waals surface area contributed by atoms with Crippen molar-refractivity contribution in [3.05, 3.63) is 113 Å². The van der Waals surface area contributed by atoms with Crippen molar-refractivity contribution in [2.24, 2.45) is 0 Å². The number of ether oxygens (including phenoxy) is 2. The molecule has 0 N–H and O–H groups in total. The van der Waals surface area contributed by atoms with Gasteiger partial charge in [-0.15, -0.1) is 0 Å².